The molecule has 0 radical (unpaired) electrons. The number of amidine groups is 1. The zero-order valence-corrected chi connectivity index (χ0v) is 13.2. The summed E-state index contributed by atoms with van der Waals surface area (Å²) < 4.78 is 11.1. The van der Waals surface area contributed by atoms with Gasteiger partial charge in [0.1, 0.15) is 24.7 Å². The third-order valence-corrected chi connectivity index (χ3v) is 3.86. The molecule has 0 spiro atoms. The lowest BCUT2D eigenvalue weighted by atomic mass is 10.1. The van der Waals surface area contributed by atoms with Crippen LogP contribution >= 0.6 is 0 Å². The van der Waals surface area contributed by atoms with E-state index in [1.54, 1.807) is 6.08 Å². The molecule has 2 aromatic carbocycles. The number of aliphatic imine (C=N–C) groups is 1. The number of hydrogen-bond donors (Lipinski definition) is 1. The molecule has 2 aliphatic heterocycles. The fourth-order valence-corrected chi connectivity index (χ4v) is 2.71. The van der Waals surface area contributed by atoms with E-state index in [0.29, 0.717) is 30.5 Å². The van der Waals surface area contributed by atoms with E-state index in [4.69, 9.17) is 9.47 Å². The van der Waals surface area contributed by atoms with Gasteiger partial charge in [-0.15, -0.1) is 0 Å². The molecule has 5 nitrogen and oxygen atoms in total. The van der Waals surface area contributed by atoms with Gasteiger partial charge in [-0.25, -0.2) is 4.99 Å². The van der Waals surface area contributed by atoms with Crippen LogP contribution in [0.5, 0.6) is 11.5 Å². The van der Waals surface area contributed by atoms with Crippen molar-refractivity contribution in [3.05, 3.63) is 64.9 Å². The number of aryl methyl sites for hydroxylation is 1. The number of carbonyl (C=O) groups is 1. The van der Waals surface area contributed by atoms with Gasteiger partial charge < -0.3 is 14.8 Å². The minimum Gasteiger partial charge on any atom is -0.486 e. The van der Waals surface area contributed by atoms with Gasteiger partial charge in [0.2, 0.25) is 0 Å². The molecule has 2 aliphatic rings. The lowest BCUT2D eigenvalue weighted by Crippen LogP contribution is -2.24. The Labute approximate surface area is 139 Å². The second-order valence-corrected chi connectivity index (χ2v) is 5.72. The number of rotatable bonds is 2. The Hall–Kier alpha value is -3.08. The third-order valence-electron chi connectivity index (χ3n) is 3.86. The highest BCUT2D eigenvalue weighted by Crippen LogP contribution is 2.31. The zero-order chi connectivity index (χ0) is 16.5. The fourth-order valence-electron chi connectivity index (χ4n) is 2.71. The minimum absolute atomic E-state index is 0.207. The zero-order valence-electron chi connectivity index (χ0n) is 13.2. The Bertz CT molecular complexity index is 884. The molecular formula is C19H16N2O3. The van der Waals surface area contributed by atoms with Gasteiger partial charge in [0, 0.05) is 5.56 Å². The van der Waals surface area contributed by atoms with Gasteiger partial charge in [0.15, 0.2) is 11.5 Å². The van der Waals surface area contributed by atoms with Crippen molar-refractivity contribution >= 4 is 17.8 Å². The summed E-state index contributed by atoms with van der Waals surface area (Å²) in [6.45, 7) is 3.09. The first-order valence-electron chi connectivity index (χ1n) is 7.77. The normalized spacial score (nSPS) is 17.6. The summed E-state index contributed by atoms with van der Waals surface area (Å²) in [6, 6.07) is 13.5. The maximum Gasteiger partial charge on any atom is 0.275 e. The molecule has 5 heteroatoms. The Morgan fingerprint density at radius 2 is 1.92 bits per heavy atom. The number of amides is 1. The van der Waals surface area contributed by atoms with Gasteiger partial charge in [-0.2, -0.15) is 0 Å². The average Bonchev–Trinajstić information content (AvgIpc) is 2.96. The van der Waals surface area contributed by atoms with Crippen LogP contribution in [0.3, 0.4) is 0 Å². The Kier molecular flexibility index (Phi) is 3.54. The highest BCUT2D eigenvalue weighted by atomic mass is 16.6. The van der Waals surface area contributed by atoms with Crippen molar-refractivity contribution in [1.29, 1.82) is 0 Å². The molecule has 0 bridgehead atoms. The topological polar surface area (TPSA) is 59.9 Å². The maximum atomic E-state index is 12.2. The van der Waals surface area contributed by atoms with Crippen LogP contribution in [-0.4, -0.2) is 25.0 Å². The van der Waals surface area contributed by atoms with Crippen molar-refractivity contribution in [3.8, 4) is 11.5 Å². The molecule has 0 aromatic heterocycles. The number of carbonyl (C=O) groups excluding carboxylic acids is 1. The van der Waals surface area contributed by atoms with Crippen LogP contribution in [0.15, 0.2) is 53.2 Å². The minimum atomic E-state index is -0.207. The lowest BCUT2D eigenvalue weighted by Gasteiger charge is -2.18. The molecule has 0 saturated carbocycles. The highest BCUT2D eigenvalue weighted by Gasteiger charge is 2.21. The quantitative estimate of drug-likeness (QED) is 0.866. The van der Waals surface area contributed by atoms with E-state index in [1.165, 1.54) is 0 Å². The standard InChI is InChI=1S/C19H16N2O3/c1-12-3-2-4-14(9-12)18-20-15(19(22)21-18)10-13-5-6-16-17(11-13)24-8-7-23-16/h2-6,9-11H,7-8H2,1H3,(H,20,21,22)/b15-10+. The smallest absolute Gasteiger partial charge is 0.275 e. The molecule has 0 fully saturated rings. The van der Waals surface area contributed by atoms with Gasteiger partial charge in [0.25, 0.3) is 5.91 Å². The van der Waals surface area contributed by atoms with Crippen molar-refractivity contribution in [2.24, 2.45) is 4.99 Å². The number of hydrogen-bond acceptors (Lipinski definition) is 4. The van der Waals surface area contributed by atoms with Crippen LogP contribution in [-0.2, 0) is 4.79 Å². The number of nitrogens with one attached hydrogen (secondary N) is 1. The molecule has 2 heterocycles. The van der Waals surface area contributed by atoms with Crippen LogP contribution < -0.4 is 14.8 Å². The SMILES string of the molecule is Cc1cccc(C2=N/C(=C/c3ccc4c(c3)OCCO4)C(=O)N2)c1. The summed E-state index contributed by atoms with van der Waals surface area (Å²) in [7, 11) is 0. The maximum absolute atomic E-state index is 12.2. The van der Waals surface area contributed by atoms with Gasteiger partial charge in [0.05, 0.1) is 0 Å². The number of fused-ring (bicyclic) bond motifs is 1. The molecule has 4 rings (SSSR count). The summed E-state index contributed by atoms with van der Waals surface area (Å²) >= 11 is 0. The first-order valence-corrected chi connectivity index (χ1v) is 7.77. The highest BCUT2D eigenvalue weighted by molar-refractivity contribution is 6.19. The second-order valence-electron chi connectivity index (χ2n) is 5.72. The Balaban J connectivity index is 1.66. The molecule has 24 heavy (non-hydrogen) atoms. The Morgan fingerprint density at radius 3 is 2.75 bits per heavy atom. The molecule has 0 atom stereocenters. The van der Waals surface area contributed by atoms with Gasteiger partial charge in [-0.3, -0.25) is 4.79 Å². The first kappa shape index (κ1) is 14.5. The number of benzene rings is 2. The number of nitrogens with zero attached hydrogens (tertiary/aromatic N) is 1. The van der Waals surface area contributed by atoms with Crippen LogP contribution in [0.4, 0.5) is 0 Å². The van der Waals surface area contributed by atoms with E-state index in [9.17, 15) is 4.79 Å². The predicted molar refractivity (Wildman–Crippen MR) is 91.3 cm³/mol. The lowest BCUT2D eigenvalue weighted by molar-refractivity contribution is -0.115. The number of ether oxygens (including phenoxy) is 2. The predicted octanol–water partition coefficient (Wildman–Crippen LogP) is 2.68. The summed E-state index contributed by atoms with van der Waals surface area (Å²) in [6.07, 6.45) is 1.75. The van der Waals surface area contributed by atoms with Crippen LogP contribution in [0.25, 0.3) is 6.08 Å². The van der Waals surface area contributed by atoms with E-state index < -0.39 is 0 Å². The van der Waals surface area contributed by atoms with Crippen molar-refractivity contribution < 1.29 is 14.3 Å². The van der Waals surface area contributed by atoms with Gasteiger partial charge in [-0.1, -0.05) is 29.8 Å². The first-order chi connectivity index (χ1) is 11.7. The van der Waals surface area contributed by atoms with E-state index in [0.717, 1.165) is 22.4 Å². The molecule has 0 saturated heterocycles. The summed E-state index contributed by atoms with van der Waals surface area (Å²) in [5.41, 5.74) is 3.24. The third kappa shape index (κ3) is 2.76. The summed E-state index contributed by atoms with van der Waals surface area (Å²) in [5.74, 6) is 1.79. The summed E-state index contributed by atoms with van der Waals surface area (Å²) in [4.78, 5) is 16.6. The van der Waals surface area contributed by atoms with Crippen molar-refractivity contribution in [3.63, 3.8) is 0 Å². The largest absolute Gasteiger partial charge is 0.486 e. The molecule has 120 valence electrons. The van der Waals surface area contributed by atoms with E-state index in [2.05, 4.69) is 10.3 Å². The molecule has 0 unspecified atom stereocenters. The van der Waals surface area contributed by atoms with Gasteiger partial charge >= 0.3 is 0 Å². The van der Waals surface area contributed by atoms with E-state index in [-0.39, 0.29) is 5.91 Å². The van der Waals surface area contributed by atoms with Gasteiger partial charge in [-0.05, 0) is 36.8 Å². The fraction of sp³-hybridized carbons (Fsp3) is 0.158. The van der Waals surface area contributed by atoms with E-state index >= 15 is 0 Å². The second kappa shape index (κ2) is 5.85. The van der Waals surface area contributed by atoms with Crippen molar-refractivity contribution in [2.45, 2.75) is 6.92 Å². The van der Waals surface area contributed by atoms with Crippen molar-refractivity contribution in [2.75, 3.05) is 13.2 Å². The monoisotopic (exact) mass is 320 g/mol. The average molecular weight is 320 g/mol. The van der Waals surface area contributed by atoms with Crippen LogP contribution in [0.2, 0.25) is 0 Å². The molecule has 1 N–H and O–H groups in total. The molecule has 2 aromatic rings. The molecule has 1 amide bonds. The van der Waals surface area contributed by atoms with Crippen LogP contribution in [0.1, 0.15) is 16.7 Å². The Morgan fingerprint density at radius 1 is 1.08 bits per heavy atom. The summed E-state index contributed by atoms with van der Waals surface area (Å²) in [5, 5.41) is 2.82. The van der Waals surface area contributed by atoms with Crippen molar-refractivity contribution in [1.82, 2.24) is 5.32 Å². The molecule has 0 aliphatic carbocycles. The molecular weight excluding hydrogens is 304 g/mol. The van der Waals surface area contributed by atoms with E-state index in [1.807, 2.05) is 49.4 Å². The van der Waals surface area contributed by atoms with Crippen LogP contribution in [0, 0.1) is 6.92 Å².